The summed E-state index contributed by atoms with van der Waals surface area (Å²) in [6, 6.07) is 9.30. The molecular formula is C18H11Cl2F3N2O2. The van der Waals surface area contributed by atoms with Gasteiger partial charge in [-0.05, 0) is 42.8 Å². The number of hydrogen-bond acceptors (Lipinski definition) is 3. The van der Waals surface area contributed by atoms with Gasteiger partial charge in [0, 0.05) is 5.69 Å². The Morgan fingerprint density at radius 1 is 1.00 bits per heavy atom. The third-order valence-electron chi connectivity index (χ3n) is 3.83. The highest BCUT2D eigenvalue weighted by molar-refractivity contribution is 6.53. The molecule has 27 heavy (non-hydrogen) atoms. The standard InChI is InChI=1S/C18H11Cl2F3N2O2/c1-9-3-2-4-11(7-9)24-15-14(20)16(26)25(17(15)27)13-8-10(18(21,22)23)5-6-12(13)19/h2-8,24H,1H3. The van der Waals surface area contributed by atoms with E-state index in [1.807, 2.05) is 13.0 Å². The first kappa shape index (κ1) is 19.3. The summed E-state index contributed by atoms with van der Waals surface area (Å²) in [5.74, 6) is -1.86. The molecule has 0 aliphatic carbocycles. The normalized spacial score (nSPS) is 15.0. The predicted octanol–water partition coefficient (Wildman–Crippen LogP) is 5.10. The maximum absolute atomic E-state index is 13.0. The van der Waals surface area contributed by atoms with Gasteiger partial charge in [0.05, 0.1) is 16.3 Å². The van der Waals surface area contributed by atoms with E-state index in [9.17, 15) is 22.8 Å². The molecule has 0 atom stereocenters. The van der Waals surface area contributed by atoms with Crippen LogP contribution in [0.4, 0.5) is 24.5 Å². The Balaban J connectivity index is 1.99. The Bertz CT molecular complexity index is 987. The minimum absolute atomic E-state index is 0.189. The topological polar surface area (TPSA) is 49.4 Å². The molecule has 4 nitrogen and oxygen atoms in total. The van der Waals surface area contributed by atoms with Crippen molar-refractivity contribution in [3.63, 3.8) is 0 Å². The van der Waals surface area contributed by atoms with Crippen LogP contribution in [0.15, 0.2) is 53.2 Å². The molecule has 2 aromatic carbocycles. The lowest BCUT2D eigenvalue weighted by molar-refractivity contribution is -0.137. The molecule has 0 saturated carbocycles. The van der Waals surface area contributed by atoms with Gasteiger partial charge in [-0.15, -0.1) is 0 Å². The third kappa shape index (κ3) is 3.65. The smallest absolute Gasteiger partial charge is 0.350 e. The van der Waals surface area contributed by atoms with Gasteiger partial charge >= 0.3 is 6.18 Å². The van der Waals surface area contributed by atoms with Crippen molar-refractivity contribution in [2.75, 3.05) is 10.2 Å². The summed E-state index contributed by atoms with van der Waals surface area (Å²) in [6.07, 6.45) is -4.66. The van der Waals surface area contributed by atoms with E-state index in [4.69, 9.17) is 23.2 Å². The van der Waals surface area contributed by atoms with Crippen molar-refractivity contribution in [2.45, 2.75) is 13.1 Å². The van der Waals surface area contributed by atoms with E-state index in [-0.39, 0.29) is 16.4 Å². The molecule has 2 amide bonds. The minimum atomic E-state index is -4.66. The summed E-state index contributed by atoms with van der Waals surface area (Å²) < 4.78 is 38.9. The summed E-state index contributed by atoms with van der Waals surface area (Å²) >= 11 is 11.9. The lowest BCUT2D eigenvalue weighted by atomic mass is 10.2. The molecule has 3 rings (SSSR count). The van der Waals surface area contributed by atoms with Gasteiger partial charge in [0.15, 0.2) is 0 Å². The van der Waals surface area contributed by atoms with Gasteiger partial charge in [-0.1, -0.05) is 35.3 Å². The molecule has 2 aromatic rings. The van der Waals surface area contributed by atoms with Gasteiger partial charge in [0.2, 0.25) is 0 Å². The van der Waals surface area contributed by atoms with Gasteiger partial charge in [-0.25, -0.2) is 4.90 Å². The fourth-order valence-electron chi connectivity index (χ4n) is 2.56. The maximum Gasteiger partial charge on any atom is 0.416 e. The summed E-state index contributed by atoms with van der Waals surface area (Å²) in [4.78, 5) is 25.6. The van der Waals surface area contributed by atoms with E-state index in [2.05, 4.69) is 5.32 Å². The number of anilines is 2. The van der Waals surface area contributed by atoms with Crippen LogP contribution in [0.5, 0.6) is 0 Å². The highest BCUT2D eigenvalue weighted by Gasteiger charge is 2.41. The highest BCUT2D eigenvalue weighted by atomic mass is 35.5. The van der Waals surface area contributed by atoms with E-state index in [1.165, 1.54) is 0 Å². The van der Waals surface area contributed by atoms with E-state index in [1.54, 1.807) is 18.2 Å². The van der Waals surface area contributed by atoms with Crippen LogP contribution in [-0.4, -0.2) is 11.8 Å². The molecule has 0 fully saturated rings. The Morgan fingerprint density at radius 3 is 2.33 bits per heavy atom. The molecule has 1 heterocycles. The number of aryl methyl sites for hydroxylation is 1. The van der Waals surface area contributed by atoms with Crippen molar-refractivity contribution < 1.29 is 22.8 Å². The van der Waals surface area contributed by atoms with Gasteiger partial charge < -0.3 is 5.32 Å². The largest absolute Gasteiger partial charge is 0.416 e. The third-order valence-corrected chi connectivity index (χ3v) is 4.50. The van der Waals surface area contributed by atoms with E-state index >= 15 is 0 Å². The van der Waals surface area contributed by atoms with Gasteiger partial charge in [-0.3, -0.25) is 9.59 Å². The number of amides is 2. The van der Waals surface area contributed by atoms with Gasteiger partial charge in [-0.2, -0.15) is 13.2 Å². The number of nitrogens with one attached hydrogen (secondary N) is 1. The van der Waals surface area contributed by atoms with E-state index in [0.717, 1.165) is 17.7 Å². The zero-order valence-electron chi connectivity index (χ0n) is 13.7. The first-order valence-corrected chi connectivity index (χ1v) is 8.34. The van der Waals surface area contributed by atoms with Crippen molar-refractivity contribution in [3.05, 3.63) is 69.3 Å². The monoisotopic (exact) mass is 414 g/mol. The molecule has 1 aliphatic heterocycles. The van der Waals surface area contributed by atoms with Crippen LogP contribution in [0.2, 0.25) is 5.02 Å². The van der Waals surface area contributed by atoms with Crippen LogP contribution in [0, 0.1) is 6.92 Å². The Morgan fingerprint density at radius 2 is 1.70 bits per heavy atom. The fraction of sp³-hybridized carbons (Fsp3) is 0.111. The second-order valence-electron chi connectivity index (χ2n) is 5.79. The van der Waals surface area contributed by atoms with Gasteiger partial charge in [0.1, 0.15) is 10.7 Å². The summed E-state index contributed by atoms with van der Waals surface area (Å²) in [7, 11) is 0. The van der Waals surface area contributed by atoms with E-state index in [0.29, 0.717) is 16.7 Å². The van der Waals surface area contributed by atoms with Crippen molar-refractivity contribution >= 4 is 46.4 Å². The number of rotatable bonds is 3. The lowest BCUT2D eigenvalue weighted by Crippen LogP contribution is -2.32. The number of imide groups is 1. The van der Waals surface area contributed by atoms with E-state index < -0.39 is 28.6 Å². The van der Waals surface area contributed by atoms with Crippen molar-refractivity contribution in [1.29, 1.82) is 0 Å². The Labute approximate surface area is 162 Å². The SMILES string of the molecule is Cc1cccc(NC2=C(Cl)C(=O)N(c3cc(C(F)(F)F)ccc3Cl)C2=O)c1. The number of benzene rings is 2. The number of alkyl halides is 3. The molecule has 0 bridgehead atoms. The van der Waals surface area contributed by atoms with Crippen LogP contribution >= 0.6 is 23.2 Å². The first-order valence-electron chi connectivity index (χ1n) is 7.58. The minimum Gasteiger partial charge on any atom is -0.350 e. The molecule has 1 N–H and O–H groups in total. The van der Waals surface area contributed by atoms with Crippen molar-refractivity contribution in [3.8, 4) is 0 Å². The average Bonchev–Trinajstić information content (AvgIpc) is 2.78. The Kier molecular flexibility index (Phi) is 4.92. The zero-order chi connectivity index (χ0) is 19.9. The van der Waals surface area contributed by atoms with Crippen LogP contribution in [0.25, 0.3) is 0 Å². The fourth-order valence-corrected chi connectivity index (χ4v) is 2.97. The van der Waals surface area contributed by atoms with Crippen LogP contribution in [-0.2, 0) is 15.8 Å². The van der Waals surface area contributed by atoms with Crippen LogP contribution in [0.1, 0.15) is 11.1 Å². The molecule has 9 heteroatoms. The van der Waals surface area contributed by atoms with Crippen molar-refractivity contribution in [1.82, 2.24) is 0 Å². The molecule has 0 radical (unpaired) electrons. The maximum atomic E-state index is 13.0. The molecular weight excluding hydrogens is 404 g/mol. The number of nitrogens with zero attached hydrogens (tertiary/aromatic N) is 1. The predicted molar refractivity (Wildman–Crippen MR) is 96.6 cm³/mol. The molecule has 0 spiro atoms. The number of carbonyl (C=O) groups excluding carboxylic acids is 2. The van der Waals surface area contributed by atoms with Crippen LogP contribution in [0.3, 0.4) is 0 Å². The number of carbonyl (C=O) groups is 2. The molecule has 1 aliphatic rings. The number of hydrogen-bond donors (Lipinski definition) is 1. The second kappa shape index (κ2) is 6.90. The summed E-state index contributed by atoms with van der Waals surface area (Å²) in [5.41, 5.74) is -0.271. The molecule has 0 aromatic heterocycles. The Hall–Kier alpha value is -2.51. The first-order chi connectivity index (χ1) is 12.6. The molecule has 0 saturated heterocycles. The summed E-state index contributed by atoms with van der Waals surface area (Å²) in [6.45, 7) is 1.83. The van der Waals surface area contributed by atoms with Gasteiger partial charge in [0.25, 0.3) is 11.8 Å². The average molecular weight is 415 g/mol. The number of halogens is 5. The highest BCUT2D eigenvalue weighted by Crippen LogP contribution is 2.38. The quantitative estimate of drug-likeness (QED) is 0.710. The molecule has 140 valence electrons. The van der Waals surface area contributed by atoms with Crippen molar-refractivity contribution in [2.24, 2.45) is 0 Å². The zero-order valence-corrected chi connectivity index (χ0v) is 15.2. The molecule has 0 unspecified atom stereocenters. The van der Waals surface area contributed by atoms with Crippen LogP contribution < -0.4 is 10.2 Å². The second-order valence-corrected chi connectivity index (χ2v) is 6.58. The lowest BCUT2D eigenvalue weighted by Gasteiger charge is -2.18. The summed E-state index contributed by atoms with van der Waals surface area (Å²) in [5, 5.41) is 2.12.